The first-order chi connectivity index (χ1) is 12.7. The highest BCUT2D eigenvalue weighted by molar-refractivity contribution is 6.35. The fraction of sp³-hybridized carbons (Fsp3) is 0.111. The summed E-state index contributed by atoms with van der Waals surface area (Å²) in [6.07, 6.45) is 5.01. The Morgan fingerprint density at radius 1 is 1.12 bits per heavy atom. The molecule has 0 amide bonds. The van der Waals surface area contributed by atoms with Crippen molar-refractivity contribution in [1.29, 1.82) is 0 Å². The molecule has 3 aromatic heterocycles. The minimum Gasteiger partial charge on any atom is -0.495 e. The number of aromatic nitrogens is 5. The molecule has 0 atom stereocenters. The van der Waals surface area contributed by atoms with E-state index in [4.69, 9.17) is 20.9 Å². The number of nitrogens with one attached hydrogen (secondary N) is 1. The van der Waals surface area contributed by atoms with E-state index in [1.165, 1.54) is 0 Å². The molecule has 4 aromatic rings. The van der Waals surface area contributed by atoms with Gasteiger partial charge in [0.05, 0.1) is 29.5 Å². The largest absolute Gasteiger partial charge is 0.495 e. The molecule has 130 valence electrons. The number of aromatic amines is 1. The van der Waals surface area contributed by atoms with Crippen LogP contribution >= 0.6 is 11.6 Å². The SMILES string of the molecule is COc1cccc(-c2noc(-c3cn[nH]c3C)c2-c2ncccn2)c1Cl. The number of hydrogen-bond donors (Lipinski definition) is 1. The van der Waals surface area contributed by atoms with Crippen LogP contribution in [0.1, 0.15) is 5.69 Å². The molecular formula is C18H14ClN5O2. The molecule has 0 aliphatic carbocycles. The second-order valence-corrected chi connectivity index (χ2v) is 5.92. The third-order valence-corrected chi connectivity index (χ3v) is 4.38. The van der Waals surface area contributed by atoms with E-state index >= 15 is 0 Å². The van der Waals surface area contributed by atoms with Crippen molar-refractivity contribution in [3.05, 3.63) is 53.6 Å². The average molecular weight is 368 g/mol. The van der Waals surface area contributed by atoms with Crippen molar-refractivity contribution >= 4 is 11.6 Å². The summed E-state index contributed by atoms with van der Waals surface area (Å²) in [4.78, 5) is 8.73. The van der Waals surface area contributed by atoms with Gasteiger partial charge in [0, 0.05) is 23.7 Å². The minimum atomic E-state index is 0.441. The molecule has 0 saturated heterocycles. The zero-order valence-electron chi connectivity index (χ0n) is 14.0. The number of halogens is 1. The quantitative estimate of drug-likeness (QED) is 0.582. The van der Waals surface area contributed by atoms with Crippen LogP contribution in [0, 0.1) is 6.92 Å². The van der Waals surface area contributed by atoms with E-state index in [1.54, 1.807) is 37.8 Å². The van der Waals surface area contributed by atoms with Crippen LogP contribution in [-0.4, -0.2) is 32.4 Å². The second kappa shape index (κ2) is 6.61. The van der Waals surface area contributed by atoms with Crippen LogP contribution < -0.4 is 4.74 Å². The molecule has 0 unspecified atom stereocenters. The number of aryl methyl sites for hydroxylation is 1. The molecule has 0 radical (unpaired) electrons. The standard InChI is InChI=1S/C18H14ClN5O2/c1-10-12(9-22-23-10)17-14(18-20-7-4-8-21-18)16(24-26-17)11-5-3-6-13(25-2)15(11)19/h3-9H,1-2H3,(H,22,23). The van der Waals surface area contributed by atoms with E-state index in [-0.39, 0.29) is 0 Å². The van der Waals surface area contributed by atoms with Crippen molar-refractivity contribution in [2.24, 2.45) is 0 Å². The second-order valence-electron chi connectivity index (χ2n) is 5.54. The van der Waals surface area contributed by atoms with Crippen molar-refractivity contribution in [1.82, 2.24) is 25.3 Å². The molecule has 0 spiro atoms. The molecule has 4 rings (SSSR count). The fourth-order valence-corrected chi connectivity index (χ4v) is 3.02. The lowest BCUT2D eigenvalue weighted by Gasteiger charge is -2.08. The number of H-pyrrole nitrogens is 1. The maximum atomic E-state index is 6.50. The van der Waals surface area contributed by atoms with Crippen LogP contribution in [0.15, 0.2) is 47.4 Å². The number of nitrogens with zero attached hydrogens (tertiary/aromatic N) is 4. The van der Waals surface area contributed by atoms with Gasteiger partial charge < -0.3 is 9.26 Å². The van der Waals surface area contributed by atoms with Gasteiger partial charge in [-0.2, -0.15) is 5.10 Å². The number of ether oxygens (including phenoxy) is 1. The third kappa shape index (κ3) is 2.62. The highest BCUT2D eigenvalue weighted by Crippen LogP contribution is 2.43. The van der Waals surface area contributed by atoms with Crippen LogP contribution in [0.2, 0.25) is 5.02 Å². The van der Waals surface area contributed by atoms with Gasteiger partial charge in [0.25, 0.3) is 0 Å². The Labute approximate surface area is 154 Å². The molecule has 1 aromatic carbocycles. The lowest BCUT2D eigenvalue weighted by atomic mass is 10.0. The van der Waals surface area contributed by atoms with Crippen molar-refractivity contribution in [2.45, 2.75) is 6.92 Å². The van der Waals surface area contributed by atoms with Crippen molar-refractivity contribution in [3.8, 4) is 39.7 Å². The van der Waals surface area contributed by atoms with Crippen molar-refractivity contribution in [3.63, 3.8) is 0 Å². The zero-order valence-corrected chi connectivity index (χ0v) is 14.8. The zero-order chi connectivity index (χ0) is 18.1. The van der Waals surface area contributed by atoms with Gasteiger partial charge in [-0.3, -0.25) is 5.10 Å². The Bertz CT molecular complexity index is 1060. The first-order valence-electron chi connectivity index (χ1n) is 7.81. The fourth-order valence-electron chi connectivity index (χ4n) is 2.72. The summed E-state index contributed by atoms with van der Waals surface area (Å²) < 4.78 is 11.0. The Morgan fingerprint density at radius 2 is 1.92 bits per heavy atom. The molecule has 8 heteroatoms. The van der Waals surface area contributed by atoms with E-state index in [2.05, 4.69) is 25.3 Å². The van der Waals surface area contributed by atoms with Gasteiger partial charge in [0.1, 0.15) is 11.4 Å². The first kappa shape index (κ1) is 16.3. The van der Waals surface area contributed by atoms with Crippen molar-refractivity contribution in [2.75, 3.05) is 7.11 Å². The molecular weight excluding hydrogens is 354 g/mol. The minimum absolute atomic E-state index is 0.441. The van der Waals surface area contributed by atoms with E-state index in [0.29, 0.717) is 39.2 Å². The van der Waals surface area contributed by atoms with Crippen LogP contribution in [-0.2, 0) is 0 Å². The Balaban J connectivity index is 2.00. The monoisotopic (exact) mass is 367 g/mol. The molecule has 0 aliphatic rings. The highest BCUT2D eigenvalue weighted by Gasteiger charge is 2.26. The predicted octanol–water partition coefficient (Wildman–Crippen LogP) is 4.16. The Kier molecular flexibility index (Phi) is 4.14. The third-order valence-electron chi connectivity index (χ3n) is 3.99. The first-order valence-corrected chi connectivity index (χ1v) is 8.18. The number of benzene rings is 1. The van der Waals surface area contributed by atoms with Gasteiger partial charge in [0.2, 0.25) is 0 Å². The molecule has 3 heterocycles. The van der Waals surface area contributed by atoms with Crippen LogP contribution in [0.4, 0.5) is 0 Å². The summed E-state index contributed by atoms with van der Waals surface area (Å²) in [5, 5.41) is 11.7. The lowest BCUT2D eigenvalue weighted by Crippen LogP contribution is -1.92. The normalized spacial score (nSPS) is 10.9. The molecule has 0 fully saturated rings. The van der Waals surface area contributed by atoms with Gasteiger partial charge in [0.15, 0.2) is 11.6 Å². The Morgan fingerprint density at radius 3 is 2.62 bits per heavy atom. The van der Waals surface area contributed by atoms with Crippen molar-refractivity contribution < 1.29 is 9.26 Å². The predicted molar refractivity (Wildman–Crippen MR) is 96.8 cm³/mol. The number of methoxy groups -OCH3 is 1. The summed E-state index contributed by atoms with van der Waals surface area (Å²) in [5.41, 5.74) is 3.48. The van der Waals surface area contributed by atoms with E-state index in [9.17, 15) is 0 Å². The van der Waals surface area contributed by atoms with Crippen LogP contribution in [0.25, 0.3) is 34.0 Å². The molecule has 0 aliphatic heterocycles. The summed E-state index contributed by atoms with van der Waals surface area (Å²) in [7, 11) is 1.56. The number of hydrogen-bond acceptors (Lipinski definition) is 6. The molecule has 1 N–H and O–H groups in total. The van der Waals surface area contributed by atoms with E-state index < -0.39 is 0 Å². The highest BCUT2D eigenvalue weighted by atomic mass is 35.5. The summed E-state index contributed by atoms with van der Waals surface area (Å²) in [6.45, 7) is 1.90. The maximum absolute atomic E-state index is 6.50. The summed E-state index contributed by atoms with van der Waals surface area (Å²) in [5.74, 6) is 1.56. The summed E-state index contributed by atoms with van der Waals surface area (Å²) >= 11 is 6.50. The Hall–Kier alpha value is -3.19. The molecule has 0 saturated carbocycles. The van der Waals surface area contributed by atoms with Gasteiger partial charge in [-0.05, 0) is 19.1 Å². The van der Waals surface area contributed by atoms with Gasteiger partial charge in [-0.15, -0.1) is 0 Å². The number of rotatable bonds is 4. The molecule has 7 nitrogen and oxygen atoms in total. The van der Waals surface area contributed by atoms with E-state index in [1.807, 2.05) is 19.1 Å². The van der Waals surface area contributed by atoms with E-state index in [0.717, 1.165) is 11.3 Å². The van der Waals surface area contributed by atoms with Gasteiger partial charge in [-0.1, -0.05) is 28.9 Å². The molecule has 0 bridgehead atoms. The lowest BCUT2D eigenvalue weighted by molar-refractivity contribution is 0.415. The van der Waals surface area contributed by atoms with Gasteiger partial charge in [-0.25, -0.2) is 9.97 Å². The topological polar surface area (TPSA) is 89.7 Å². The van der Waals surface area contributed by atoms with Gasteiger partial charge >= 0.3 is 0 Å². The van der Waals surface area contributed by atoms with Crippen LogP contribution in [0.3, 0.4) is 0 Å². The smallest absolute Gasteiger partial charge is 0.181 e. The van der Waals surface area contributed by atoms with Crippen LogP contribution in [0.5, 0.6) is 5.75 Å². The maximum Gasteiger partial charge on any atom is 0.181 e. The summed E-state index contributed by atoms with van der Waals surface area (Å²) in [6, 6.07) is 7.22. The molecule has 26 heavy (non-hydrogen) atoms. The average Bonchev–Trinajstić information content (AvgIpc) is 3.28.